The summed E-state index contributed by atoms with van der Waals surface area (Å²) >= 11 is 0. The van der Waals surface area contributed by atoms with E-state index in [1.54, 1.807) is 5.56 Å². The second-order valence-corrected chi connectivity index (χ2v) is 3.93. The van der Waals surface area contributed by atoms with Crippen LogP contribution < -0.4 is 0 Å². The minimum absolute atomic E-state index is 0.839. The third kappa shape index (κ3) is 2.60. The molecule has 1 aliphatic carbocycles. The summed E-state index contributed by atoms with van der Waals surface area (Å²) in [5, 5.41) is 0. The van der Waals surface area contributed by atoms with Crippen molar-refractivity contribution in [2.75, 3.05) is 0 Å². The van der Waals surface area contributed by atoms with E-state index in [0.717, 1.165) is 11.8 Å². The van der Waals surface area contributed by atoms with Crippen molar-refractivity contribution in [1.29, 1.82) is 0 Å². The number of hydrogen-bond acceptors (Lipinski definition) is 0. The Kier molecular flexibility index (Phi) is 4.72. The number of hydrogen-bond donors (Lipinski definition) is 0. The smallest absolute Gasteiger partial charge is 0.0136 e. The quantitative estimate of drug-likeness (QED) is 0.606. The van der Waals surface area contributed by atoms with Gasteiger partial charge in [-0.15, -0.1) is 0 Å². The molecule has 0 aromatic heterocycles. The van der Waals surface area contributed by atoms with Crippen LogP contribution in [0.15, 0.2) is 30.3 Å². The molecule has 78 valence electrons. The van der Waals surface area contributed by atoms with Crippen LogP contribution in [-0.4, -0.2) is 0 Å². The normalized spacial score (nSPS) is 25.4. The van der Waals surface area contributed by atoms with Gasteiger partial charge in [0.25, 0.3) is 0 Å². The summed E-state index contributed by atoms with van der Waals surface area (Å²) in [4.78, 5) is 0. The second-order valence-electron chi connectivity index (χ2n) is 3.93. The van der Waals surface area contributed by atoms with Crippen LogP contribution in [0.3, 0.4) is 0 Å². The van der Waals surface area contributed by atoms with Gasteiger partial charge in [-0.2, -0.15) is 0 Å². The molecule has 0 amide bonds. The van der Waals surface area contributed by atoms with E-state index in [2.05, 4.69) is 37.3 Å². The molecule has 0 spiro atoms. The van der Waals surface area contributed by atoms with Gasteiger partial charge in [0.05, 0.1) is 0 Å². The zero-order chi connectivity index (χ0) is 10.4. The molecule has 0 saturated heterocycles. The van der Waals surface area contributed by atoms with E-state index in [9.17, 15) is 0 Å². The highest BCUT2D eigenvalue weighted by Gasteiger charge is 2.24. The third-order valence-electron chi connectivity index (χ3n) is 3.09. The standard InChI is InChI=1S/C12H16.C2H6/c1-10-6-5-9-12(10)11-7-3-2-4-8-11;1-2/h2-4,7-8,10,12H,5-6,9H2,1H3;1-2H3/t10-,12-;/m0./s1. The molecule has 0 N–H and O–H groups in total. The molecule has 1 aromatic rings. The maximum Gasteiger partial charge on any atom is -0.0136 e. The lowest BCUT2D eigenvalue weighted by atomic mass is 9.90. The maximum atomic E-state index is 2.38. The monoisotopic (exact) mass is 190 g/mol. The molecule has 1 fully saturated rings. The first-order chi connectivity index (χ1) is 6.88. The topological polar surface area (TPSA) is 0 Å². The minimum atomic E-state index is 0.839. The first-order valence-corrected chi connectivity index (χ1v) is 5.93. The van der Waals surface area contributed by atoms with Gasteiger partial charge in [-0.05, 0) is 23.8 Å². The highest BCUT2D eigenvalue weighted by molar-refractivity contribution is 5.20. The Balaban J connectivity index is 0.000000461. The number of benzene rings is 1. The van der Waals surface area contributed by atoms with E-state index in [1.807, 2.05) is 13.8 Å². The van der Waals surface area contributed by atoms with E-state index >= 15 is 0 Å². The Labute approximate surface area is 88.4 Å². The fourth-order valence-corrected chi connectivity index (χ4v) is 2.34. The van der Waals surface area contributed by atoms with E-state index in [4.69, 9.17) is 0 Å². The van der Waals surface area contributed by atoms with Crippen LogP contribution >= 0.6 is 0 Å². The lowest BCUT2D eigenvalue weighted by molar-refractivity contribution is 0.533. The van der Waals surface area contributed by atoms with Gasteiger partial charge in [0.15, 0.2) is 0 Å². The zero-order valence-electron chi connectivity index (χ0n) is 9.66. The Hall–Kier alpha value is -0.780. The van der Waals surface area contributed by atoms with Crippen molar-refractivity contribution in [2.45, 2.75) is 46.0 Å². The Morgan fingerprint density at radius 1 is 1.00 bits per heavy atom. The van der Waals surface area contributed by atoms with Gasteiger partial charge in [0, 0.05) is 0 Å². The van der Waals surface area contributed by atoms with Crippen LogP contribution in [0, 0.1) is 5.92 Å². The summed E-state index contributed by atoms with van der Waals surface area (Å²) in [6, 6.07) is 10.9. The fourth-order valence-electron chi connectivity index (χ4n) is 2.34. The molecule has 0 heterocycles. The van der Waals surface area contributed by atoms with E-state index in [0.29, 0.717) is 0 Å². The highest BCUT2D eigenvalue weighted by atomic mass is 14.3. The molecule has 0 bridgehead atoms. The molecule has 0 heteroatoms. The van der Waals surface area contributed by atoms with Gasteiger partial charge < -0.3 is 0 Å². The average molecular weight is 190 g/mol. The van der Waals surface area contributed by atoms with Crippen LogP contribution in [0.4, 0.5) is 0 Å². The summed E-state index contributed by atoms with van der Waals surface area (Å²) < 4.78 is 0. The Morgan fingerprint density at radius 2 is 1.64 bits per heavy atom. The Bertz CT molecular complexity index is 237. The van der Waals surface area contributed by atoms with Crippen molar-refractivity contribution in [1.82, 2.24) is 0 Å². The molecule has 2 atom stereocenters. The van der Waals surface area contributed by atoms with Crippen LogP contribution in [0.25, 0.3) is 0 Å². The molecule has 2 rings (SSSR count). The second kappa shape index (κ2) is 5.85. The van der Waals surface area contributed by atoms with Crippen molar-refractivity contribution >= 4 is 0 Å². The SMILES string of the molecule is CC.C[C@H]1CCC[C@@H]1c1ccccc1. The van der Waals surface area contributed by atoms with Crippen molar-refractivity contribution in [3.05, 3.63) is 35.9 Å². The molecule has 14 heavy (non-hydrogen) atoms. The summed E-state index contributed by atoms with van der Waals surface area (Å²) in [6.07, 6.45) is 4.23. The van der Waals surface area contributed by atoms with E-state index in [1.165, 1.54) is 19.3 Å². The first-order valence-electron chi connectivity index (χ1n) is 5.93. The Morgan fingerprint density at radius 3 is 2.14 bits per heavy atom. The molecule has 1 aliphatic rings. The predicted molar refractivity (Wildman–Crippen MR) is 63.5 cm³/mol. The first kappa shape index (κ1) is 11.3. The lowest BCUT2D eigenvalue weighted by Crippen LogP contribution is -2.00. The predicted octanol–water partition coefficient (Wildman–Crippen LogP) is 4.62. The van der Waals surface area contributed by atoms with Crippen LogP contribution in [0.2, 0.25) is 0 Å². The van der Waals surface area contributed by atoms with Gasteiger partial charge in [-0.25, -0.2) is 0 Å². The minimum Gasteiger partial charge on any atom is -0.0683 e. The largest absolute Gasteiger partial charge is 0.0683 e. The summed E-state index contributed by atoms with van der Waals surface area (Å²) in [7, 11) is 0. The van der Waals surface area contributed by atoms with Crippen LogP contribution in [0.5, 0.6) is 0 Å². The summed E-state index contributed by atoms with van der Waals surface area (Å²) in [6.45, 7) is 6.38. The lowest BCUT2D eigenvalue weighted by Gasteiger charge is -2.14. The molecule has 0 nitrogen and oxygen atoms in total. The van der Waals surface area contributed by atoms with Gasteiger partial charge in [-0.3, -0.25) is 0 Å². The molecule has 0 aliphatic heterocycles. The van der Waals surface area contributed by atoms with Crippen molar-refractivity contribution in [2.24, 2.45) is 5.92 Å². The molecule has 1 aromatic carbocycles. The molecule has 0 unspecified atom stereocenters. The average Bonchev–Trinajstić information content (AvgIpc) is 2.69. The summed E-state index contributed by atoms with van der Waals surface area (Å²) in [5.41, 5.74) is 1.54. The summed E-state index contributed by atoms with van der Waals surface area (Å²) in [5.74, 6) is 1.73. The van der Waals surface area contributed by atoms with Crippen LogP contribution in [0.1, 0.15) is 51.5 Å². The van der Waals surface area contributed by atoms with Gasteiger partial charge >= 0.3 is 0 Å². The van der Waals surface area contributed by atoms with Crippen LogP contribution in [-0.2, 0) is 0 Å². The van der Waals surface area contributed by atoms with Gasteiger partial charge in [0.1, 0.15) is 0 Å². The molecule has 0 radical (unpaired) electrons. The fraction of sp³-hybridized carbons (Fsp3) is 0.571. The maximum absolute atomic E-state index is 2.38. The highest BCUT2D eigenvalue weighted by Crippen LogP contribution is 2.38. The van der Waals surface area contributed by atoms with E-state index < -0.39 is 0 Å². The number of rotatable bonds is 1. The van der Waals surface area contributed by atoms with Crippen molar-refractivity contribution in [3.8, 4) is 0 Å². The molecular formula is C14H22. The third-order valence-corrected chi connectivity index (χ3v) is 3.09. The molecular weight excluding hydrogens is 168 g/mol. The van der Waals surface area contributed by atoms with Crippen molar-refractivity contribution < 1.29 is 0 Å². The van der Waals surface area contributed by atoms with Gasteiger partial charge in [0.2, 0.25) is 0 Å². The van der Waals surface area contributed by atoms with E-state index in [-0.39, 0.29) is 0 Å². The zero-order valence-corrected chi connectivity index (χ0v) is 9.66. The van der Waals surface area contributed by atoms with Crippen molar-refractivity contribution in [3.63, 3.8) is 0 Å². The van der Waals surface area contributed by atoms with Gasteiger partial charge in [-0.1, -0.05) is 63.9 Å². The molecule has 1 saturated carbocycles.